The lowest BCUT2D eigenvalue weighted by molar-refractivity contribution is 0.299. The third-order valence-corrected chi connectivity index (χ3v) is 3.74. The Balaban J connectivity index is 2.16. The largest absolute Gasteiger partial charge is 0.497 e. The smallest absolute Gasteiger partial charge is 0.128 e. The van der Waals surface area contributed by atoms with Crippen molar-refractivity contribution in [1.29, 1.82) is 0 Å². The number of methoxy groups -OCH3 is 1. The molecular formula is C16H18INO2. The zero-order valence-corrected chi connectivity index (χ0v) is 13.8. The second-order valence-electron chi connectivity index (χ2n) is 4.61. The first-order chi connectivity index (χ1) is 9.60. The van der Waals surface area contributed by atoms with Crippen molar-refractivity contribution in [2.24, 2.45) is 5.73 Å². The van der Waals surface area contributed by atoms with E-state index in [0.29, 0.717) is 6.61 Å². The number of nitrogens with two attached hydrogens (primary N) is 1. The molecule has 106 valence electrons. The van der Waals surface area contributed by atoms with Crippen LogP contribution in [0.4, 0.5) is 0 Å². The van der Waals surface area contributed by atoms with E-state index >= 15 is 0 Å². The molecule has 0 amide bonds. The second-order valence-corrected chi connectivity index (χ2v) is 5.85. The maximum absolute atomic E-state index is 5.97. The predicted molar refractivity (Wildman–Crippen MR) is 89.1 cm³/mol. The van der Waals surface area contributed by atoms with Crippen LogP contribution >= 0.6 is 22.6 Å². The minimum atomic E-state index is -0.0763. The van der Waals surface area contributed by atoms with E-state index in [-0.39, 0.29) is 6.04 Å². The molecule has 2 N–H and O–H groups in total. The van der Waals surface area contributed by atoms with E-state index in [0.717, 1.165) is 22.6 Å². The SMILES string of the molecule is COc1ccc([C@@H](C)N)c(OCc2ccc(I)cc2)c1. The zero-order valence-electron chi connectivity index (χ0n) is 11.6. The summed E-state index contributed by atoms with van der Waals surface area (Å²) in [6.45, 7) is 2.46. The quantitative estimate of drug-likeness (QED) is 0.797. The van der Waals surface area contributed by atoms with Crippen LogP contribution in [-0.4, -0.2) is 7.11 Å². The molecule has 0 aliphatic carbocycles. The molecule has 0 bridgehead atoms. The van der Waals surface area contributed by atoms with Crippen molar-refractivity contribution in [2.75, 3.05) is 7.11 Å². The Hall–Kier alpha value is -1.27. The van der Waals surface area contributed by atoms with Gasteiger partial charge in [0.1, 0.15) is 18.1 Å². The van der Waals surface area contributed by atoms with E-state index in [1.807, 2.05) is 25.1 Å². The van der Waals surface area contributed by atoms with Gasteiger partial charge in [0.25, 0.3) is 0 Å². The normalized spacial score (nSPS) is 12.0. The van der Waals surface area contributed by atoms with Crippen molar-refractivity contribution >= 4 is 22.6 Å². The summed E-state index contributed by atoms with van der Waals surface area (Å²) in [5, 5.41) is 0. The molecule has 0 aromatic heterocycles. The number of hydrogen-bond donors (Lipinski definition) is 1. The van der Waals surface area contributed by atoms with E-state index in [1.54, 1.807) is 7.11 Å². The average molecular weight is 383 g/mol. The van der Waals surface area contributed by atoms with E-state index in [9.17, 15) is 0 Å². The third kappa shape index (κ3) is 3.86. The fourth-order valence-electron chi connectivity index (χ4n) is 1.88. The molecule has 0 spiro atoms. The van der Waals surface area contributed by atoms with Crippen LogP contribution in [0, 0.1) is 3.57 Å². The molecule has 0 aliphatic heterocycles. The van der Waals surface area contributed by atoms with E-state index in [4.69, 9.17) is 15.2 Å². The molecule has 1 atom stereocenters. The highest BCUT2D eigenvalue weighted by Crippen LogP contribution is 2.29. The van der Waals surface area contributed by atoms with Crippen LogP contribution in [-0.2, 0) is 6.61 Å². The molecule has 0 unspecified atom stereocenters. The van der Waals surface area contributed by atoms with Crippen molar-refractivity contribution in [3.8, 4) is 11.5 Å². The number of halogens is 1. The maximum atomic E-state index is 5.97. The number of rotatable bonds is 5. The van der Waals surface area contributed by atoms with Gasteiger partial charge in [0.15, 0.2) is 0 Å². The molecule has 0 saturated carbocycles. The minimum absolute atomic E-state index is 0.0763. The Kier molecular flexibility index (Phi) is 5.25. The molecule has 0 saturated heterocycles. The summed E-state index contributed by atoms with van der Waals surface area (Å²) in [6, 6.07) is 13.9. The molecule has 3 nitrogen and oxygen atoms in total. The van der Waals surface area contributed by atoms with Crippen LogP contribution in [0.5, 0.6) is 11.5 Å². The van der Waals surface area contributed by atoms with Crippen molar-refractivity contribution in [3.63, 3.8) is 0 Å². The van der Waals surface area contributed by atoms with E-state index < -0.39 is 0 Å². The zero-order chi connectivity index (χ0) is 14.5. The van der Waals surface area contributed by atoms with Gasteiger partial charge in [-0.25, -0.2) is 0 Å². The molecule has 0 radical (unpaired) electrons. The highest BCUT2D eigenvalue weighted by atomic mass is 127. The lowest BCUT2D eigenvalue weighted by atomic mass is 10.1. The summed E-state index contributed by atoms with van der Waals surface area (Å²) >= 11 is 2.29. The van der Waals surface area contributed by atoms with Gasteiger partial charge in [0.05, 0.1) is 7.11 Å². The first kappa shape index (κ1) is 15.1. The first-order valence-electron chi connectivity index (χ1n) is 6.41. The van der Waals surface area contributed by atoms with Gasteiger partial charge in [-0.15, -0.1) is 0 Å². The van der Waals surface area contributed by atoms with Crippen LogP contribution in [0.25, 0.3) is 0 Å². The standard InChI is InChI=1S/C16H18INO2/c1-11(18)15-8-7-14(19-2)9-16(15)20-10-12-3-5-13(17)6-4-12/h3-9,11H,10,18H2,1-2H3/t11-/m1/s1. The van der Waals surface area contributed by atoms with Gasteiger partial charge in [-0.3, -0.25) is 0 Å². The molecular weight excluding hydrogens is 365 g/mol. The topological polar surface area (TPSA) is 44.5 Å². The van der Waals surface area contributed by atoms with Gasteiger partial charge in [-0.2, -0.15) is 0 Å². The fourth-order valence-corrected chi connectivity index (χ4v) is 2.24. The van der Waals surface area contributed by atoms with Crippen LogP contribution in [0.3, 0.4) is 0 Å². The molecule has 0 fully saturated rings. The first-order valence-corrected chi connectivity index (χ1v) is 7.49. The van der Waals surface area contributed by atoms with E-state index in [1.165, 1.54) is 3.57 Å². The van der Waals surface area contributed by atoms with Gasteiger partial charge in [-0.1, -0.05) is 18.2 Å². The lowest BCUT2D eigenvalue weighted by Crippen LogP contribution is -2.08. The summed E-state index contributed by atoms with van der Waals surface area (Å²) in [7, 11) is 1.64. The van der Waals surface area contributed by atoms with Gasteiger partial charge in [-0.05, 0) is 53.3 Å². The summed E-state index contributed by atoms with van der Waals surface area (Å²) < 4.78 is 12.4. The van der Waals surface area contributed by atoms with Crippen LogP contribution in [0.15, 0.2) is 42.5 Å². The Bertz CT molecular complexity index is 567. The summed E-state index contributed by atoms with van der Waals surface area (Å²) in [4.78, 5) is 0. The van der Waals surface area contributed by atoms with Gasteiger partial charge < -0.3 is 15.2 Å². The fraction of sp³-hybridized carbons (Fsp3) is 0.250. The lowest BCUT2D eigenvalue weighted by Gasteiger charge is -2.15. The van der Waals surface area contributed by atoms with Gasteiger partial charge >= 0.3 is 0 Å². The van der Waals surface area contributed by atoms with Crippen molar-refractivity contribution < 1.29 is 9.47 Å². The Morgan fingerprint density at radius 1 is 1.15 bits per heavy atom. The molecule has 20 heavy (non-hydrogen) atoms. The predicted octanol–water partition coefficient (Wildman–Crippen LogP) is 3.90. The second kappa shape index (κ2) is 6.95. The molecule has 2 aromatic rings. The molecule has 0 heterocycles. The Morgan fingerprint density at radius 2 is 1.85 bits per heavy atom. The highest BCUT2D eigenvalue weighted by Gasteiger charge is 2.10. The summed E-state index contributed by atoms with van der Waals surface area (Å²) in [5.41, 5.74) is 8.08. The van der Waals surface area contributed by atoms with Crippen LogP contribution < -0.4 is 15.2 Å². The number of benzene rings is 2. The van der Waals surface area contributed by atoms with Crippen LogP contribution in [0.2, 0.25) is 0 Å². The van der Waals surface area contributed by atoms with Gasteiger partial charge in [0.2, 0.25) is 0 Å². The minimum Gasteiger partial charge on any atom is -0.497 e. The molecule has 0 aliphatic rings. The van der Waals surface area contributed by atoms with Gasteiger partial charge in [0, 0.05) is 21.2 Å². The third-order valence-electron chi connectivity index (χ3n) is 3.02. The molecule has 4 heteroatoms. The number of hydrogen-bond acceptors (Lipinski definition) is 3. The molecule has 2 aromatic carbocycles. The van der Waals surface area contributed by atoms with Crippen molar-refractivity contribution in [1.82, 2.24) is 0 Å². The maximum Gasteiger partial charge on any atom is 0.128 e. The summed E-state index contributed by atoms with van der Waals surface area (Å²) in [5.74, 6) is 1.55. The molecule has 2 rings (SSSR count). The average Bonchev–Trinajstić information content (AvgIpc) is 2.46. The Morgan fingerprint density at radius 3 is 2.45 bits per heavy atom. The summed E-state index contributed by atoms with van der Waals surface area (Å²) in [6.07, 6.45) is 0. The monoisotopic (exact) mass is 383 g/mol. The Labute approximate surface area is 133 Å². The van der Waals surface area contributed by atoms with Crippen molar-refractivity contribution in [3.05, 3.63) is 57.2 Å². The number of ether oxygens (including phenoxy) is 2. The van der Waals surface area contributed by atoms with E-state index in [2.05, 4.69) is 46.9 Å². The van der Waals surface area contributed by atoms with Crippen LogP contribution in [0.1, 0.15) is 24.1 Å². The highest BCUT2D eigenvalue weighted by molar-refractivity contribution is 14.1. The van der Waals surface area contributed by atoms with Crippen molar-refractivity contribution in [2.45, 2.75) is 19.6 Å².